The maximum atomic E-state index is 12.0. The van der Waals surface area contributed by atoms with Gasteiger partial charge in [0.25, 0.3) is 5.91 Å². The fraction of sp³-hybridized carbons (Fsp3) is 0.154. The van der Waals surface area contributed by atoms with Crippen LogP contribution >= 0.6 is 22.9 Å². The van der Waals surface area contributed by atoms with E-state index in [-0.39, 0.29) is 22.1 Å². The summed E-state index contributed by atoms with van der Waals surface area (Å²) in [5.74, 6) is -0.669. The van der Waals surface area contributed by atoms with Crippen molar-refractivity contribution >= 4 is 38.9 Å². The van der Waals surface area contributed by atoms with Crippen LogP contribution in [0.25, 0.3) is 0 Å². The highest BCUT2D eigenvalue weighted by Gasteiger charge is 2.15. The molecule has 22 heavy (non-hydrogen) atoms. The van der Waals surface area contributed by atoms with Crippen LogP contribution in [0.2, 0.25) is 5.02 Å². The second-order valence-electron chi connectivity index (χ2n) is 4.27. The van der Waals surface area contributed by atoms with E-state index in [1.165, 1.54) is 31.3 Å². The van der Waals surface area contributed by atoms with Crippen LogP contribution in [0.4, 0.5) is 0 Å². The molecular formula is C13H13ClN2O4S2. The van der Waals surface area contributed by atoms with Crippen LogP contribution in [0.5, 0.6) is 5.75 Å². The van der Waals surface area contributed by atoms with Crippen molar-refractivity contribution in [3.05, 3.63) is 45.8 Å². The maximum Gasteiger partial charge on any atom is 0.255 e. The van der Waals surface area contributed by atoms with Gasteiger partial charge in [0.2, 0.25) is 10.0 Å². The van der Waals surface area contributed by atoms with Gasteiger partial charge in [-0.3, -0.25) is 4.79 Å². The lowest BCUT2D eigenvalue weighted by atomic mass is 10.2. The average molecular weight is 361 g/mol. The van der Waals surface area contributed by atoms with Crippen molar-refractivity contribution in [2.24, 2.45) is 0 Å². The maximum absolute atomic E-state index is 12.0. The van der Waals surface area contributed by atoms with E-state index in [1.54, 1.807) is 6.07 Å². The Morgan fingerprint density at radius 1 is 1.32 bits per heavy atom. The Morgan fingerprint density at radius 2 is 2.05 bits per heavy atom. The molecule has 0 atom stereocenters. The normalized spacial score (nSPS) is 11.4. The number of phenolic OH excluding ortho intramolecular Hbond substituents is 1. The highest BCUT2D eigenvalue weighted by atomic mass is 35.5. The molecule has 0 radical (unpaired) electrons. The van der Waals surface area contributed by atoms with Gasteiger partial charge in [-0.05, 0) is 37.4 Å². The number of amides is 1. The predicted molar refractivity (Wildman–Crippen MR) is 84.9 cm³/mol. The number of benzene rings is 1. The highest BCUT2D eigenvalue weighted by Crippen LogP contribution is 2.23. The van der Waals surface area contributed by atoms with Gasteiger partial charge in [0.15, 0.2) is 0 Å². The molecular weight excluding hydrogens is 348 g/mol. The lowest BCUT2D eigenvalue weighted by Gasteiger charge is -2.06. The molecule has 0 aliphatic heterocycles. The van der Waals surface area contributed by atoms with E-state index < -0.39 is 15.9 Å². The Morgan fingerprint density at radius 3 is 2.73 bits per heavy atom. The third-order valence-electron chi connectivity index (χ3n) is 2.80. The number of hydrogen-bond acceptors (Lipinski definition) is 5. The topological polar surface area (TPSA) is 95.5 Å². The first-order valence-corrected chi connectivity index (χ1v) is 8.80. The molecule has 118 valence electrons. The number of phenols is 1. The summed E-state index contributed by atoms with van der Waals surface area (Å²) in [5, 5.41) is 12.6. The van der Waals surface area contributed by atoms with E-state index in [2.05, 4.69) is 10.0 Å². The molecule has 0 fully saturated rings. The highest BCUT2D eigenvalue weighted by molar-refractivity contribution is 7.91. The van der Waals surface area contributed by atoms with Crippen molar-refractivity contribution in [1.29, 1.82) is 0 Å². The lowest BCUT2D eigenvalue weighted by Crippen LogP contribution is -2.22. The molecule has 0 saturated heterocycles. The molecule has 1 heterocycles. The van der Waals surface area contributed by atoms with Crippen LogP contribution in [0.3, 0.4) is 0 Å². The summed E-state index contributed by atoms with van der Waals surface area (Å²) in [5.41, 5.74) is 0.0622. The molecule has 0 unspecified atom stereocenters. The molecule has 1 aromatic heterocycles. The number of halogens is 1. The minimum absolute atomic E-state index is 0.0622. The van der Waals surface area contributed by atoms with E-state index in [9.17, 15) is 18.3 Å². The number of sulfonamides is 1. The quantitative estimate of drug-likeness (QED) is 0.759. The summed E-state index contributed by atoms with van der Waals surface area (Å²) >= 11 is 6.84. The Hall–Kier alpha value is -1.61. The van der Waals surface area contributed by atoms with Gasteiger partial charge in [-0.1, -0.05) is 11.6 Å². The first-order valence-electron chi connectivity index (χ1n) is 6.12. The van der Waals surface area contributed by atoms with Gasteiger partial charge in [0.05, 0.1) is 12.1 Å². The first kappa shape index (κ1) is 16.8. The van der Waals surface area contributed by atoms with Crippen LogP contribution in [-0.4, -0.2) is 26.5 Å². The van der Waals surface area contributed by atoms with E-state index in [0.717, 1.165) is 11.3 Å². The van der Waals surface area contributed by atoms with Crippen molar-refractivity contribution < 1.29 is 18.3 Å². The SMILES string of the molecule is CNS(=O)(=O)c1ccc(CNC(=O)c2cc(Cl)ccc2O)s1. The van der Waals surface area contributed by atoms with E-state index in [0.29, 0.717) is 9.90 Å². The number of rotatable bonds is 5. The largest absolute Gasteiger partial charge is 0.507 e. The number of aromatic hydroxyl groups is 1. The minimum atomic E-state index is -3.48. The average Bonchev–Trinajstić information content (AvgIpc) is 2.97. The van der Waals surface area contributed by atoms with Gasteiger partial charge in [-0.2, -0.15) is 0 Å². The van der Waals surface area contributed by atoms with Gasteiger partial charge in [-0.15, -0.1) is 11.3 Å². The molecule has 0 spiro atoms. The zero-order valence-corrected chi connectivity index (χ0v) is 13.8. The number of hydrogen-bond donors (Lipinski definition) is 3. The standard InChI is InChI=1S/C13H13ClN2O4S2/c1-15-22(19,20)12-5-3-9(21-12)7-16-13(18)10-6-8(14)2-4-11(10)17/h2-6,15,17H,7H2,1H3,(H,16,18). The lowest BCUT2D eigenvalue weighted by molar-refractivity contribution is 0.0948. The van der Waals surface area contributed by atoms with Gasteiger partial charge >= 0.3 is 0 Å². The zero-order chi connectivity index (χ0) is 16.3. The van der Waals surface area contributed by atoms with Crippen molar-refractivity contribution in [2.45, 2.75) is 10.8 Å². The molecule has 2 aromatic rings. The molecule has 0 bridgehead atoms. The summed E-state index contributed by atoms with van der Waals surface area (Å²) in [6.45, 7) is 0.148. The van der Waals surface area contributed by atoms with Crippen LogP contribution < -0.4 is 10.0 Å². The number of carbonyl (C=O) groups is 1. The Balaban J connectivity index is 2.07. The van der Waals surface area contributed by atoms with E-state index in [1.807, 2.05) is 0 Å². The number of nitrogens with one attached hydrogen (secondary N) is 2. The summed E-state index contributed by atoms with van der Waals surface area (Å²) in [6.07, 6.45) is 0. The summed E-state index contributed by atoms with van der Waals surface area (Å²) < 4.78 is 25.6. The molecule has 2 rings (SSSR count). The minimum Gasteiger partial charge on any atom is -0.507 e. The van der Waals surface area contributed by atoms with Crippen LogP contribution in [0, 0.1) is 0 Å². The third kappa shape index (κ3) is 3.77. The summed E-state index contributed by atoms with van der Waals surface area (Å²) in [4.78, 5) is 12.7. The molecule has 1 aromatic carbocycles. The second-order valence-corrected chi connectivity index (χ2v) is 7.99. The van der Waals surface area contributed by atoms with Crippen molar-refractivity contribution in [3.8, 4) is 5.75 Å². The van der Waals surface area contributed by atoms with E-state index in [4.69, 9.17) is 11.6 Å². The zero-order valence-electron chi connectivity index (χ0n) is 11.5. The van der Waals surface area contributed by atoms with Crippen LogP contribution in [-0.2, 0) is 16.6 Å². The van der Waals surface area contributed by atoms with Gasteiger partial charge in [-0.25, -0.2) is 13.1 Å². The molecule has 1 amide bonds. The Kier molecular flexibility index (Phi) is 5.07. The Labute approximate surface area is 136 Å². The van der Waals surface area contributed by atoms with Gasteiger partial charge < -0.3 is 10.4 Å². The molecule has 9 heteroatoms. The monoisotopic (exact) mass is 360 g/mol. The molecule has 3 N–H and O–H groups in total. The third-order valence-corrected chi connectivity index (χ3v) is 6.02. The smallest absolute Gasteiger partial charge is 0.255 e. The van der Waals surface area contributed by atoms with Crippen LogP contribution in [0.15, 0.2) is 34.5 Å². The predicted octanol–water partition coefficient (Wildman–Crippen LogP) is 1.95. The van der Waals surface area contributed by atoms with Gasteiger partial charge in [0.1, 0.15) is 9.96 Å². The summed E-state index contributed by atoms with van der Waals surface area (Å²) in [6, 6.07) is 7.25. The molecule has 6 nitrogen and oxygen atoms in total. The first-order chi connectivity index (χ1) is 10.3. The number of thiophene rings is 1. The fourth-order valence-electron chi connectivity index (χ4n) is 1.65. The van der Waals surface area contributed by atoms with Gasteiger partial charge in [0, 0.05) is 9.90 Å². The second kappa shape index (κ2) is 6.66. The Bertz CT molecular complexity index is 802. The van der Waals surface area contributed by atoms with Crippen LogP contribution in [0.1, 0.15) is 15.2 Å². The molecule has 0 aliphatic carbocycles. The van der Waals surface area contributed by atoms with Crippen molar-refractivity contribution in [2.75, 3.05) is 7.05 Å². The van der Waals surface area contributed by atoms with E-state index >= 15 is 0 Å². The molecule has 0 saturated carbocycles. The van der Waals surface area contributed by atoms with Crippen molar-refractivity contribution in [3.63, 3.8) is 0 Å². The van der Waals surface area contributed by atoms with Crippen molar-refractivity contribution in [1.82, 2.24) is 10.0 Å². The summed E-state index contributed by atoms with van der Waals surface area (Å²) in [7, 11) is -2.15. The fourth-order valence-corrected chi connectivity index (χ4v) is 3.96. The number of carbonyl (C=O) groups excluding carboxylic acids is 1. The molecule has 0 aliphatic rings.